The minimum Gasteiger partial charge on any atom is -0.466 e. The summed E-state index contributed by atoms with van der Waals surface area (Å²) in [7, 11) is 0. The van der Waals surface area contributed by atoms with Gasteiger partial charge in [0.05, 0.1) is 28.7 Å². The molecule has 5 aliphatic carbocycles. The molecule has 1 aromatic carbocycles. The fourth-order valence-electron chi connectivity index (χ4n) is 12.4. The Bertz CT molecular complexity index is 1890. The van der Waals surface area contributed by atoms with E-state index in [9.17, 15) is 23.6 Å². The predicted molar refractivity (Wildman–Crippen MR) is 203 cm³/mol. The molecule has 0 bridgehead atoms. The van der Waals surface area contributed by atoms with Gasteiger partial charge >= 0.3 is 11.9 Å². The maximum absolute atomic E-state index is 14.8. The zero-order valence-corrected chi connectivity index (χ0v) is 33.6. The van der Waals surface area contributed by atoms with Crippen molar-refractivity contribution < 1.29 is 33.0 Å². The second-order valence-corrected chi connectivity index (χ2v) is 20.0. The quantitative estimate of drug-likeness (QED) is 0.281. The molecular weight excluding hydrogens is 692 g/mol. The largest absolute Gasteiger partial charge is 0.466 e. The van der Waals surface area contributed by atoms with Crippen molar-refractivity contribution in [2.24, 2.45) is 50.2 Å². The van der Waals surface area contributed by atoms with Crippen LogP contribution in [0.4, 0.5) is 9.52 Å². The molecule has 7 rings (SSSR count). The summed E-state index contributed by atoms with van der Waals surface area (Å²) in [6.07, 6.45) is 9.54. The number of aromatic nitrogens is 1. The molecule has 1 amide bonds. The Balaban J connectivity index is 1.06. The first-order valence-corrected chi connectivity index (χ1v) is 20.6. The summed E-state index contributed by atoms with van der Waals surface area (Å²) in [5.41, 5.74) is 0.350. The summed E-state index contributed by atoms with van der Waals surface area (Å²) < 4.78 is 26.0. The Morgan fingerprint density at radius 3 is 2.43 bits per heavy atom. The molecule has 53 heavy (non-hydrogen) atoms. The third-order valence-corrected chi connectivity index (χ3v) is 16.6. The maximum atomic E-state index is 14.8. The van der Waals surface area contributed by atoms with E-state index >= 15 is 0 Å². The van der Waals surface area contributed by atoms with E-state index < -0.39 is 11.4 Å². The molecule has 0 aliphatic heterocycles. The molecule has 1 N–H and O–H groups in total. The van der Waals surface area contributed by atoms with E-state index in [0.717, 1.165) is 51.4 Å². The lowest BCUT2D eigenvalue weighted by atomic mass is 9.33. The number of nitrogens with one attached hydrogen (secondary N) is 1. The number of carbonyl (C=O) groups excluding carboxylic acids is 4. The van der Waals surface area contributed by atoms with Gasteiger partial charge in [0.1, 0.15) is 11.9 Å². The number of hydrogen-bond donors (Lipinski definition) is 1. The van der Waals surface area contributed by atoms with Crippen molar-refractivity contribution in [3.63, 3.8) is 0 Å². The van der Waals surface area contributed by atoms with Crippen LogP contribution in [0.15, 0.2) is 29.8 Å². The molecular formula is C43H57FN2O6S. The van der Waals surface area contributed by atoms with Crippen molar-refractivity contribution in [1.29, 1.82) is 0 Å². The van der Waals surface area contributed by atoms with E-state index in [1.54, 1.807) is 6.07 Å². The number of nitrogens with zero attached hydrogens (tertiary/aromatic N) is 1. The van der Waals surface area contributed by atoms with Crippen molar-refractivity contribution in [2.45, 2.75) is 132 Å². The molecule has 4 saturated carbocycles. The van der Waals surface area contributed by atoms with Gasteiger partial charge in [-0.15, -0.1) is 0 Å². The number of benzene rings is 1. The number of carbonyl (C=O) groups is 4. The van der Waals surface area contributed by atoms with E-state index in [1.165, 1.54) is 29.0 Å². The zero-order chi connectivity index (χ0) is 38.4. The van der Waals surface area contributed by atoms with Crippen molar-refractivity contribution in [1.82, 2.24) is 4.98 Å². The number of ether oxygens (including phenoxy) is 2. The predicted octanol–water partition coefficient (Wildman–Crippen LogP) is 9.61. The summed E-state index contributed by atoms with van der Waals surface area (Å²) in [4.78, 5) is 58.3. The Kier molecular flexibility index (Phi) is 9.34. The number of halogens is 1. The molecule has 288 valence electrons. The topological polar surface area (TPSA) is 112 Å². The van der Waals surface area contributed by atoms with Gasteiger partial charge < -0.3 is 14.8 Å². The average molecular weight is 749 g/mol. The number of hydrogen-bond acceptors (Lipinski definition) is 8. The number of esters is 2. The van der Waals surface area contributed by atoms with Gasteiger partial charge in [0, 0.05) is 17.8 Å². The summed E-state index contributed by atoms with van der Waals surface area (Å²) in [5, 5.41) is 3.10. The molecule has 0 spiro atoms. The average Bonchev–Trinajstić information content (AvgIpc) is 3.48. The monoisotopic (exact) mass is 748 g/mol. The maximum Gasteiger partial charge on any atom is 0.311 e. The molecule has 1 heterocycles. The first-order chi connectivity index (χ1) is 24.8. The van der Waals surface area contributed by atoms with Crippen LogP contribution in [0.2, 0.25) is 0 Å². The highest BCUT2D eigenvalue weighted by Crippen LogP contribution is 2.75. The van der Waals surface area contributed by atoms with Crippen LogP contribution in [-0.4, -0.2) is 41.3 Å². The zero-order valence-electron chi connectivity index (χ0n) is 32.8. The van der Waals surface area contributed by atoms with Gasteiger partial charge in [0.2, 0.25) is 5.91 Å². The van der Waals surface area contributed by atoms with Crippen LogP contribution in [-0.2, 0) is 28.7 Å². The van der Waals surface area contributed by atoms with Crippen LogP contribution >= 0.6 is 11.3 Å². The Hall–Kier alpha value is -3.14. The fraction of sp³-hybridized carbons (Fsp3) is 0.698. The molecule has 4 fully saturated rings. The Morgan fingerprint density at radius 2 is 1.70 bits per heavy atom. The summed E-state index contributed by atoms with van der Waals surface area (Å²) in [6.45, 7) is 18.2. The first kappa shape index (κ1) is 38.1. The number of amides is 1. The second kappa shape index (κ2) is 13.0. The summed E-state index contributed by atoms with van der Waals surface area (Å²) in [5.74, 6) is -0.808. The number of thiazole rings is 1. The van der Waals surface area contributed by atoms with Crippen LogP contribution in [0, 0.1) is 56.1 Å². The lowest BCUT2D eigenvalue weighted by Gasteiger charge is -2.70. The highest BCUT2D eigenvalue weighted by atomic mass is 32.1. The van der Waals surface area contributed by atoms with Gasteiger partial charge in [-0.05, 0) is 129 Å². The van der Waals surface area contributed by atoms with Crippen LogP contribution < -0.4 is 5.32 Å². The molecule has 10 heteroatoms. The van der Waals surface area contributed by atoms with Crippen molar-refractivity contribution in [3.05, 3.63) is 35.7 Å². The lowest BCUT2D eigenvalue weighted by molar-refractivity contribution is -0.211. The Labute approximate surface area is 317 Å². The molecule has 8 nitrogen and oxygen atoms in total. The Morgan fingerprint density at radius 1 is 0.962 bits per heavy atom. The lowest BCUT2D eigenvalue weighted by Crippen LogP contribution is -2.66. The van der Waals surface area contributed by atoms with E-state index in [-0.39, 0.29) is 87.3 Å². The van der Waals surface area contributed by atoms with Crippen LogP contribution in [0.1, 0.15) is 126 Å². The van der Waals surface area contributed by atoms with Crippen molar-refractivity contribution in [3.8, 4) is 0 Å². The normalized spacial score (nSPS) is 38.7. The SMILES string of the molecule is CCOC(=O)C1(C)CCC2(C)CCC3(C)C(=CC(=O)C4C5(C)CCC(OC(=O)CCC(=O)Nc6nc7ccc(F)cc7s6)C(C)(C)C5CCC43C)C2C1. The molecule has 1 aromatic heterocycles. The molecule has 0 saturated heterocycles. The van der Waals surface area contributed by atoms with Crippen molar-refractivity contribution >= 4 is 50.3 Å². The van der Waals surface area contributed by atoms with Gasteiger partial charge in [0.25, 0.3) is 0 Å². The molecule has 2 aromatic rings. The minimum atomic E-state index is -0.550. The van der Waals surface area contributed by atoms with Gasteiger partial charge in [-0.25, -0.2) is 9.37 Å². The standard InChI is InChI=1S/C43H57FN2O6S/c1-9-51-36(50)40(5)19-18-39(4)20-21-42(7)26(27(39)24-40)23-29(47)35-41(6)16-15-32(38(2,3)31(41)14-17-43(35,42)8)52-34(49)13-12-33(48)46-37-45-28-11-10-25(44)22-30(28)53-37/h10-11,22-23,27,31-32,35H,9,12-21,24H2,1-8H3,(H,45,46,48). The molecule has 9 atom stereocenters. The molecule has 5 aliphatic rings. The van der Waals surface area contributed by atoms with Crippen LogP contribution in [0.25, 0.3) is 10.2 Å². The second-order valence-electron chi connectivity index (χ2n) is 19.0. The third-order valence-electron chi connectivity index (χ3n) is 15.7. The summed E-state index contributed by atoms with van der Waals surface area (Å²) in [6, 6.07) is 4.28. The van der Waals surface area contributed by atoms with E-state index in [1.807, 2.05) is 13.0 Å². The molecule has 0 radical (unpaired) electrons. The summed E-state index contributed by atoms with van der Waals surface area (Å²) >= 11 is 1.19. The van der Waals surface area contributed by atoms with Crippen LogP contribution in [0.5, 0.6) is 0 Å². The third kappa shape index (κ3) is 5.99. The van der Waals surface area contributed by atoms with Gasteiger partial charge in [-0.3, -0.25) is 19.2 Å². The first-order valence-electron chi connectivity index (χ1n) is 19.8. The number of allylic oxidation sites excluding steroid dienone is 2. The van der Waals surface area contributed by atoms with Gasteiger partial charge in [-0.2, -0.15) is 0 Å². The fourth-order valence-corrected chi connectivity index (χ4v) is 13.3. The highest BCUT2D eigenvalue weighted by Gasteiger charge is 2.70. The van der Waals surface area contributed by atoms with E-state index in [2.05, 4.69) is 58.8 Å². The number of fused-ring (bicyclic) bond motifs is 8. The number of rotatable bonds is 7. The number of ketones is 1. The van der Waals surface area contributed by atoms with E-state index in [4.69, 9.17) is 9.47 Å². The minimum absolute atomic E-state index is 0.0431. The van der Waals surface area contributed by atoms with Gasteiger partial charge in [-0.1, -0.05) is 58.5 Å². The van der Waals surface area contributed by atoms with Gasteiger partial charge in [0.15, 0.2) is 10.9 Å². The van der Waals surface area contributed by atoms with E-state index in [0.29, 0.717) is 28.4 Å². The smallest absolute Gasteiger partial charge is 0.311 e. The van der Waals surface area contributed by atoms with Crippen LogP contribution in [0.3, 0.4) is 0 Å². The highest BCUT2D eigenvalue weighted by molar-refractivity contribution is 7.22. The van der Waals surface area contributed by atoms with Crippen molar-refractivity contribution in [2.75, 3.05) is 11.9 Å². The molecule has 9 unspecified atom stereocenters. The number of anilines is 1.